The van der Waals surface area contributed by atoms with Crippen molar-refractivity contribution in [1.29, 1.82) is 0 Å². The summed E-state index contributed by atoms with van der Waals surface area (Å²) in [6, 6.07) is 0. The normalized spacial score (nSPS) is 41.6. The predicted octanol–water partition coefficient (Wildman–Crippen LogP) is -0.995. The van der Waals surface area contributed by atoms with Crippen molar-refractivity contribution in [3.05, 3.63) is 0 Å². The number of likely N-dealkylation sites (tertiary alicyclic amines) is 1. The van der Waals surface area contributed by atoms with Gasteiger partial charge in [-0.3, -0.25) is 4.90 Å². The lowest BCUT2D eigenvalue weighted by Crippen LogP contribution is -2.41. The molecule has 1 fully saturated rings. The van der Waals surface area contributed by atoms with E-state index in [0.717, 1.165) is 0 Å². The SMILES string of the molecule is C#C[C@]1(O)CCN(C)C1O. The molecule has 0 aromatic carbocycles. The number of likely N-dealkylation sites (N-methyl/N-ethyl adjacent to an activating group) is 1. The summed E-state index contributed by atoms with van der Waals surface area (Å²) < 4.78 is 0. The second-order valence-corrected chi connectivity index (χ2v) is 2.67. The smallest absolute Gasteiger partial charge is 0.165 e. The molecular formula is C7H11NO2. The lowest BCUT2D eigenvalue weighted by atomic mass is 10.0. The third-order valence-corrected chi connectivity index (χ3v) is 1.94. The molecule has 1 aliphatic heterocycles. The summed E-state index contributed by atoms with van der Waals surface area (Å²) in [6.07, 6.45) is 4.57. The summed E-state index contributed by atoms with van der Waals surface area (Å²) >= 11 is 0. The molecule has 0 aliphatic carbocycles. The van der Waals surface area contributed by atoms with Gasteiger partial charge in [0.15, 0.2) is 5.60 Å². The van der Waals surface area contributed by atoms with E-state index in [-0.39, 0.29) is 0 Å². The Kier molecular flexibility index (Phi) is 1.69. The molecule has 0 spiro atoms. The molecule has 0 bridgehead atoms. The minimum atomic E-state index is -1.32. The maximum Gasteiger partial charge on any atom is 0.165 e. The van der Waals surface area contributed by atoms with Crippen LogP contribution in [-0.4, -0.2) is 40.5 Å². The molecule has 2 atom stereocenters. The monoisotopic (exact) mass is 141 g/mol. The number of terminal acetylenes is 1. The summed E-state index contributed by atoms with van der Waals surface area (Å²) in [5.41, 5.74) is -1.32. The Morgan fingerprint density at radius 3 is 2.60 bits per heavy atom. The molecule has 10 heavy (non-hydrogen) atoms. The van der Waals surface area contributed by atoms with Gasteiger partial charge >= 0.3 is 0 Å². The Morgan fingerprint density at radius 1 is 1.80 bits per heavy atom. The molecule has 1 aliphatic rings. The van der Waals surface area contributed by atoms with Gasteiger partial charge in [-0.25, -0.2) is 0 Å². The van der Waals surface area contributed by atoms with Crippen LogP contribution in [0.3, 0.4) is 0 Å². The summed E-state index contributed by atoms with van der Waals surface area (Å²) in [7, 11) is 1.72. The molecule has 2 N–H and O–H groups in total. The van der Waals surface area contributed by atoms with E-state index < -0.39 is 11.8 Å². The van der Waals surface area contributed by atoms with Crippen molar-refractivity contribution in [2.75, 3.05) is 13.6 Å². The van der Waals surface area contributed by atoms with Crippen LogP contribution < -0.4 is 0 Å². The molecule has 56 valence electrons. The zero-order chi connectivity index (χ0) is 7.78. The molecule has 0 saturated carbocycles. The van der Waals surface area contributed by atoms with Gasteiger partial charge < -0.3 is 10.2 Å². The molecule has 0 amide bonds. The van der Waals surface area contributed by atoms with Crippen molar-refractivity contribution in [1.82, 2.24) is 4.90 Å². The highest BCUT2D eigenvalue weighted by Crippen LogP contribution is 2.24. The topological polar surface area (TPSA) is 43.7 Å². The largest absolute Gasteiger partial charge is 0.374 e. The quantitative estimate of drug-likeness (QED) is 0.425. The van der Waals surface area contributed by atoms with Gasteiger partial charge in [0.2, 0.25) is 0 Å². The fourth-order valence-corrected chi connectivity index (χ4v) is 1.11. The van der Waals surface area contributed by atoms with E-state index in [1.807, 2.05) is 0 Å². The third kappa shape index (κ3) is 0.907. The van der Waals surface area contributed by atoms with E-state index in [0.29, 0.717) is 13.0 Å². The Morgan fingerprint density at radius 2 is 2.40 bits per heavy atom. The van der Waals surface area contributed by atoms with Crippen molar-refractivity contribution in [2.24, 2.45) is 0 Å². The molecule has 1 unspecified atom stereocenters. The number of hydrogen-bond acceptors (Lipinski definition) is 3. The van der Waals surface area contributed by atoms with Crippen molar-refractivity contribution < 1.29 is 10.2 Å². The fraction of sp³-hybridized carbons (Fsp3) is 0.714. The van der Waals surface area contributed by atoms with Gasteiger partial charge in [0, 0.05) is 13.0 Å². The highest BCUT2D eigenvalue weighted by Gasteiger charge is 2.41. The molecule has 0 radical (unpaired) electrons. The van der Waals surface area contributed by atoms with Crippen LogP contribution in [0.4, 0.5) is 0 Å². The van der Waals surface area contributed by atoms with Gasteiger partial charge in [-0.1, -0.05) is 5.92 Å². The van der Waals surface area contributed by atoms with E-state index >= 15 is 0 Å². The van der Waals surface area contributed by atoms with Crippen LogP contribution in [-0.2, 0) is 0 Å². The third-order valence-electron chi connectivity index (χ3n) is 1.94. The Hall–Kier alpha value is -0.560. The number of aliphatic hydroxyl groups is 2. The van der Waals surface area contributed by atoms with Crippen LogP contribution in [0.25, 0.3) is 0 Å². The van der Waals surface area contributed by atoms with Crippen LogP contribution in [0.1, 0.15) is 6.42 Å². The van der Waals surface area contributed by atoms with Crippen molar-refractivity contribution in [3.63, 3.8) is 0 Å². The van der Waals surface area contributed by atoms with Crippen molar-refractivity contribution in [3.8, 4) is 12.3 Å². The number of hydrogen-bond donors (Lipinski definition) is 2. The average Bonchev–Trinajstić information content (AvgIpc) is 2.19. The first kappa shape index (κ1) is 7.55. The first-order valence-corrected chi connectivity index (χ1v) is 3.18. The number of aliphatic hydroxyl groups excluding tert-OH is 1. The highest BCUT2D eigenvalue weighted by molar-refractivity contribution is 5.13. The fourth-order valence-electron chi connectivity index (χ4n) is 1.11. The highest BCUT2D eigenvalue weighted by atomic mass is 16.4. The zero-order valence-electron chi connectivity index (χ0n) is 5.91. The lowest BCUT2D eigenvalue weighted by Gasteiger charge is -2.22. The van der Waals surface area contributed by atoms with Crippen LogP contribution >= 0.6 is 0 Å². The molecule has 0 aromatic rings. The lowest BCUT2D eigenvalue weighted by molar-refractivity contribution is -0.0632. The summed E-state index contributed by atoms with van der Waals surface area (Å²) in [5, 5.41) is 18.7. The van der Waals surface area contributed by atoms with E-state index in [4.69, 9.17) is 6.42 Å². The molecule has 1 rings (SSSR count). The Bertz CT molecular complexity index is 175. The van der Waals surface area contributed by atoms with E-state index in [1.165, 1.54) is 0 Å². The van der Waals surface area contributed by atoms with Gasteiger partial charge in [0.05, 0.1) is 0 Å². The molecule has 1 saturated heterocycles. The predicted molar refractivity (Wildman–Crippen MR) is 37.0 cm³/mol. The van der Waals surface area contributed by atoms with Gasteiger partial charge in [-0.2, -0.15) is 0 Å². The van der Waals surface area contributed by atoms with Crippen molar-refractivity contribution in [2.45, 2.75) is 18.2 Å². The van der Waals surface area contributed by atoms with Gasteiger partial charge in [0.1, 0.15) is 6.23 Å². The first-order valence-electron chi connectivity index (χ1n) is 3.18. The van der Waals surface area contributed by atoms with Crippen LogP contribution in [0.5, 0.6) is 0 Å². The van der Waals surface area contributed by atoms with Gasteiger partial charge in [-0.15, -0.1) is 6.42 Å². The number of nitrogens with zero attached hydrogens (tertiary/aromatic N) is 1. The van der Waals surface area contributed by atoms with Crippen LogP contribution in [0.2, 0.25) is 0 Å². The Labute approximate surface area is 60.3 Å². The first-order chi connectivity index (χ1) is 4.60. The average molecular weight is 141 g/mol. The van der Waals surface area contributed by atoms with E-state index in [9.17, 15) is 10.2 Å². The molecular weight excluding hydrogens is 130 g/mol. The van der Waals surface area contributed by atoms with Gasteiger partial charge in [0.25, 0.3) is 0 Å². The maximum absolute atomic E-state index is 9.41. The summed E-state index contributed by atoms with van der Waals surface area (Å²) in [6.45, 7) is 0.641. The minimum absolute atomic E-state index is 0.446. The minimum Gasteiger partial charge on any atom is -0.374 e. The zero-order valence-corrected chi connectivity index (χ0v) is 5.91. The molecule has 3 nitrogen and oxygen atoms in total. The second-order valence-electron chi connectivity index (χ2n) is 2.67. The number of rotatable bonds is 0. The Balaban J connectivity index is 2.76. The van der Waals surface area contributed by atoms with E-state index in [1.54, 1.807) is 11.9 Å². The van der Waals surface area contributed by atoms with Crippen molar-refractivity contribution >= 4 is 0 Å². The second kappa shape index (κ2) is 2.24. The standard InChI is InChI=1S/C7H11NO2/c1-3-7(10)4-5-8(2)6(7)9/h1,6,9-10H,4-5H2,2H3/t6?,7-/m0/s1. The van der Waals surface area contributed by atoms with E-state index in [2.05, 4.69) is 5.92 Å². The molecule has 1 heterocycles. The molecule has 0 aromatic heterocycles. The maximum atomic E-state index is 9.41. The van der Waals surface area contributed by atoms with Gasteiger partial charge in [-0.05, 0) is 7.05 Å². The van der Waals surface area contributed by atoms with Crippen LogP contribution in [0, 0.1) is 12.3 Å². The van der Waals surface area contributed by atoms with Crippen LogP contribution in [0.15, 0.2) is 0 Å². The summed E-state index contributed by atoms with van der Waals surface area (Å²) in [4.78, 5) is 1.62. The molecule has 3 heteroatoms. The summed E-state index contributed by atoms with van der Waals surface area (Å²) in [5.74, 6) is 2.18.